The molecule has 22 heavy (non-hydrogen) atoms. The van der Waals surface area contributed by atoms with Gasteiger partial charge in [0.15, 0.2) is 0 Å². The van der Waals surface area contributed by atoms with E-state index in [9.17, 15) is 14.9 Å². The maximum absolute atomic E-state index is 12.3. The van der Waals surface area contributed by atoms with Crippen molar-refractivity contribution in [3.05, 3.63) is 62.7 Å². The van der Waals surface area contributed by atoms with Gasteiger partial charge in [0.05, 0.1) is 21.8 Å². The number of nitro benzene ring substituents is 1. The first kappa shape index (κ1) is 14.4. The minimum atomic E-state index is -0.488. The number of non-ortho nitro benzene ring substituents is 1. The number of hydrogen-bond donors (Lipinski definition) is 1. The third kappa shape index (κ3) is 2.51. The summed E-state index contributed by atoms with van der Waals surface area (Å²) in [7, 11) is 0. The standard InChI is InChI=1S/C14H8ClN3O3S/c15-11-9-4-1-5-10(18(20)21)12(9)22-13(11)14(19)17-8-3-2-6-16-7-8/h1-7H,(H,17,19). The number of fused-ring (bicyclic) bond motifs is 1. The van der Waals surface area contributed by atoms with E-state index in [4.69, 9.17) is 11.6 Å². The highest BCUT2D eigenvalue weighted by Crippen LogP contribution is 2.40. The summed E-state index contributed by atoms with van der Waals surface area (Å²) < 4.78 is 0.383. The van der Waals surface area contributed by atoms with Crippen molar-refractivity contribution in [2.24, 2.45) is 0 Å². The number of carbonyl (C=O) groups excluding carboxylic acids is 1. The molecule has 3 aromatic rings. The maximum Gasteiger partial charge on any atom is 0.287 e. The minimum Gasteiger partial charge on any atom is -0.320 e. The van der Waals surface area contributed by atoms with Crippen molar-refractivity contribution in [2.75, 3.05) is 5.32 Å². The van der Waals surface area contributed by atoms with Gasteiger partial charge < -0.3 is 5.32 Å². The number of nitrogens with zero attached hydrogens (tertiary/aromatic N) is 2. The van der Waals surface area contributed by atoms with Crippen LogP contribution in [0.15, 0.2) is 42.7 Å². The Morgan fingerprint density at radius 3 is 2.82 bits per heavy atom. The average Bonchev–Trinajstić information content (AvgIpc) is 2.85. The van der Waals surface area contributed by atoms with E-state index in [0.717, 1.165) is 11.3 Å². The molecule has 2 aromatic heterocycles. The van der Waals surface area contributed by atoms with Crippen LogP contribution in [0.5, 0.6) is 0 Å². The second kappa shape index (κ2) is 5.70. The van der Waals surface area contributed by atoms with Crippen molar-refractivity contribution < 1.29 is 9.72 Å². The third-order valence-corrected chi connectivity index (χ3v) is 4.69. The Kier molecular flexibility index (Phi) is 3.74. The van der Waals surface area contributed by atoms with Gasteiger partial charge in [-0.2, -0.15) is 0 Å². The predicted octanol–water partition coefficient (Wildman–Crippen LogP) is 4.11. The van der Waals surface area contributed by atoms with Gasteiger partial charge in [-0.3, -0.25) is 19.9 Å². The molecule has 0 fully saturated rings. The number of aromatic nitrogens is 1. The number of nitrogens with one attached hydrogen (secondary N) is 1. The van der Waals surface area contributed by atoms with Gasteiger partial charge in [0, 0.05) is 17.6 Å². The molecule has 2 heterocycles. The summed E-state index contributed by atoms with van der Waals surface area (Å²) in [5, 5.41) is 14.4. The van der Waals surface area contributed by atoms with Crippen LogP contribution in [0.2, 0.25) is 5.02 Å². The molecule has 0 saturated carbocycles. The number of nitro groups is 1. The number of benzene rings is 1. The van der Waals surface area contributed by atoms with Crippen LogP contribution in [0.3, 0.4) is 0 Å². The van der Waals surface area contributed by atoms with Gasteiger partial charge in [-0.15, -0.1) is 11.3 Å². The Morgan fingerprint density at radius 2 is 2.14 bits per heavy atom. The van der Waals surface area contributed by atoms with E-state index in [2.05, 4.69) is 10.3 Å². The molecule has 1 aromatic carbocycles. The molecule has 3 rings (SSSR count). The van der Waals surface area contributed by atoms with Crippen molar-refractivity contribution in [1.29, 1.82) is 0 Å². The lowest BCUT2D eigenvalue weighted by atomic mass is 10.2. The van der Waals surface area contributed by atoms with E-state index in [1.165, 1.54) is 12.3 Å². The maximum atomic E-state index is 12.3. The highest BCUT2D eigenvalue weighted by atomic mass is 35.5. The molecule has 0 spiro atoms. The van der Waals surface area contributed by atoms with Gasteiger partial charge >= 0.3 is 0 Å². The zero-order valence-electron chi connectivity index (χ0n) is 10.9. The molecule has 1 amide bonds. The van der Waals surface area contributed by atoms with E-state index in [1.54, 1.807) is 30.5 Å². The first-order valence-electron chi connectivity index (χ1n) is 6.14. The summed E-state index contributed by atoms with van der Waals surface area (Å²) in [6, 6.07) is 7.96. The van der Waals surface area contributed by atoms with Crippen LogP contribution in [0.1, 0.15) is 9.67 Å². The Hall–Kier alpha value is -2.51. The topological polar surface area (TPSA) is 85.1 Å². The number of amides is 1. The number of halogens is 1. The summed E-state index contributed by atoms with van der Waals surface area (Å²) in [5.41, 5.74) is 0.459. The normalized spacial score (nSPS) is 10.6. The van der Waals surface area contributed by atoms with Gasteiger partial charge in [-0.05, 0) is 12.1 Å². The second-order valence-corrected chi connectivity index (χ2v) is 5.75. The third-order valence-electron chi connectivity index (χ3n) is 2.96. The minimum absolute atomic E-state index is 0.0650. The smallest absolute Gasteiger partial charge is 0.287 e. The van der Waals surface area contributed by atoms with Crippen molar-refractivity contribution in [1.82, 2.24) is 4.98 Å². The summed E-state index contributed by atoms with van der Waals surface area (Å²) in [4.78, 5) is 27.0. The first-order chi connectivity index (χ1) is 10.6. The Morgan fingerprint density at radius 1 is 1.32 bits per heavy atom. The van der Waals surface area contributed by atoms with E-state index in [-0.39, 0.29) is 15.6 Å². The van der Waals surface area contributed by atoms with Crippen molar-refractivity contribution in [3.63, 3.8) is 0 Å². The van der Waals surface area contributed by atoms with Gasteiger partial charge in [0.25, 0.3) is 11.6 Å². The summed E-state index contributed by atoms with van der Waals surface area (Å²) in [6.07, 6.45) is 3.09. The second-order valence-electron chi connectivity index (χ2n) is 4.35. The molecule has 0 unspecified atom stereocenters. The molecule has 8 heteroatoms. The quantitative estimate of drug-likeness (QED) is 0.577. The summed E-state index contributed by atoms with van der Waals surface area (Å²) in [6.45, 7) is 0. The number of anilines is 1. The Balaban J connectivity index is 2.04. The summed E-state index contributed by atoms with van der Waals surface area (Å²) >= 11 is 7.21. The van der Waals surface area contributed by atoms with Gasteiger partial charge in [-0.1, -0.05) is 23.7 Å². The predicted molar refractivity (Wildman–Crippen MR) is 85.7 cm³/mol. The van der Waals surface area contributed by atoms with Crippen LogP contribution in [0.4, 0.5) is 11.4 Å². The number of carbonyl (C=O) groups is 1. The van der Waals surface area contributed by atoms with Crippen molar-refractivity contribution in [3.8, 4) is 0 Å². The first-order valence-corrected chi connectivity index (χ1v) is 7.34. The van der Waals surface area contributed by atoms with E-state index < -0.39 is 10.8 Å². The molecule has 0 aliphatic heterocycles. The monoisotopic (exact) mass is 333 g/mol. The molecular weight excluding hydrogens is 326 g/mol. The molecule has 0 atom stereocenters. The zero-order valence-corrected chi connectivity index (χ0v) is 12.5. The molecule has 0 aliphatic rings. The van der Waals surface area contributed by atoms with Crippen LogP contribution in [-0.2, 0) is 0 Å². The van der Waals surface area contributed by atoms with Crippen LogP contribution >= 0.6 is 22.9 Å². The van der Waals surface area contributed by atoms with Gasteiger partial charge in [0.1, 0.15) is 9.58 Å². The van der Waals surface area contributed by atoms with Crippen LogP contribution in [0, 0.1) is 10.1 Å². The van der Waals surface area contributed by atoms with Gasteiger partial charge in [0.2, 0.25) is 0 Å². The fourth-order valence-corrected chi connectivity index (χ4v) is 3.48. The lowest BCUT2D eigenvalue weighted by Crippen LogP contribution is -2.10. The Bertz CT molecular complexity index is 880. The van der Waals surface area contributed by atoms with E-state index in [1.807, 2.05) is 0 Å². The fraction of sp³-hybridized carbons (Fsp3) is 0. The largest absolute Gasteiger partial charge is 0.320 e. The highest BCUT2D eigenvalue weighted by molar-refractivity contribution is 7.22. The lowest BCUT2D eigenvalue weighted by Gasteiger charge is -2.02. The highest BCUT2D eigenvalue weighted by Gasteiger charge is 2.22. The van der Waals surface area contributed by atoms with E-state index >= 15 is 0 Å². The number of hydrogen-bond acceptors (Lipinski definition) is 5. The number of rotatable bonds is 3. The molecule has 0 radical (unpaired) electrons. The summed E-state index contributed by atoms with van der Waals surface area (Å²) in [5.74, 6) is -0.423. The van der Waals surface area contributed by atoms with Crippen LogP contribution < -0.4 is 5.32 Å². The van der Waals surface area contributed by atoms with Crippen LogP contribution in [-0.4, -0.2) is 15.8 Å². The van der Waals surface area contributed by atoms with Crippen molar-refractivity contribution in [2.45, 2.75) is 0 Å². The molecule has 0 saturated heterocycles. The van der Waals surface area contributed by atoms with Crippen LogP contribution in [0.25, 0.3) is 10.1 Å². The molecule has 0 aliphatic carbocycles. The average molecular weight is 334 g/mol. The fourth-order valence-electron chi connectivity index (χ4n) is 1.99. The molecular formula is C14H8ClN3O3S. The molecule has 6 nitrogen and oxygen atoms in total. The van der Waals surface area contributed by atoms with Crippen molar-refractivity contribution >= 4 is 50.3 Å². The molecule has 1 N–H and O–H groups in total. The lowest BCUT2D eigenvalue weighted by molar-refractivity contribution is -0.382. The van der Waals surface area contributed by atoms with E-state index in [0.29, 0.717) is 15.8 Å². The zero-order chi connectivity index (χ0) is 15.7. The molecule has 110 valence electrons. The van der Waals surface area contributed by atoms with Gasteiger partial charge in [-0.25, -0.2) is 0 Å². The SMILES string of the molecule is O=C(Nc1cccnc1)c1sc2c([N+](=O)[O-])cccc2c1Cl. The number of thiophene rings is 1. The number of pyridine rings is 1. The molecule has 0 bridgehead atoms. The Labute approximate surface area is 133 Å².